The molecule has 1 amide bonds. The summed E-state index contributed by atoms with van der Waals surface area (Å²) in [4.78, 5) is 19.1. The number of nitrogens with zero attached hydrogens (tertiary/aromatic N) is 2. The summed E-state index contributed by atoms with van der Waals surface area (Å²) >= 11 is 1.34. The molecule has 0 bridgehead atoms. The van der Waals surface area contributed by atoms with Crippen LogP contribution in [0.3, 0.4) is 0 Å². The molecule has 1 atom stereocenters. The number of carbonyl (C=O) groups is 1. The van der Waals surface area contributed by atoms with Gasteiger partial charge < -0.3 is 14.1 Å². The molecule has 1 fully saturated rings. The lowest BCUT2D eigenvalue weighted by molar-refractivity contribution is -0.135. The Morgan fingerprint density at radius 3 is 2.46 bits per heavy atom. The van der Waals surface area contributed by atoms with E-state index in [1.807, 2.05) is 72.5 Å². The van der Waals surface area contributed by atoms with Gasteiger partial charge in [-0.1, -0.05) is 72.4 Å². The molecule has 5 nitrogen and oxygen atoms in total. The smallest absolute Gasteiger partial charge is 0.257 e. The van der Waals surface area contributed by atoms with E-state index < -0.39 is 0 Å². The van der Waals surface area contributed by atoms with Crippen LogP contribution in [0.15, 0.2) is 70.3 Å². The van der Waals surface area contributed by atoms with Crippen molar-refractivity contribution in [2.75, 3.05) is 25.4 Å². The van der Waals surface area contributed by atoms with E-state index in [1.165, 1.54) is 11.8 Å². The molecule has 0 N–H and O–H groups in total. The molecule has 2 aromatic carbocycles. The number of amides is 1. The Bertz CT molecular complexity index is 870. The van der Waals surface area contributed by atoms with E-state index in [-0.39, 0.29) is 12.0 Å². The third-order valence-electron chi connectivity index (χ3n) is 4.60. The van der Waals surface area contributed by atoms with Gasteiger partial charge in [-0.2, -0.15) is 0 Å². The number of rotatable bonds is 5. The summed E-state index contributed by atoms with van der Waals surface area (Å²) in [5.74, 6) is 1.11. The molecule has 1 aliphatic rings. The van der Waals surface area contributed by atoms with Crippen molar-refractivity contribution >= 4 is 17.7 Å². The third kappa shape index (κ3) is 4.29. The highest BCUT2D eigenvalue weighted by atomic mass is 32.2. The fraction of sp³-hybridized carbons (Fsp3) is 0.273. The summed E-state index contributed by atoms with van der Waals surface area (Å²) in [7, 11) is 0. The molecule has 0 spiro atoms. The third-order valence-corrected chi connectivity index (χ3v) is 5.42. The Morgan fingerprint density at radius 1 is 1.11 bits per heavy atom. The van der Waals surface area contributed by atoms with Crippen LogP contribution in [0.4, 0.5) is 0 Å². The van der Waals surface area contributed by atoms with E-state index in [0.717, 1.165) is 22.6 Å². The number of ether oxygens (including phenoxy) is 1. The van der Waals surface area contributed by atoms with E-state index >= 15 is 0 Å². The molecule has 144 valence electrons. The van der Waals surface area contributed by atoms with Crippen LogP contribution < -0.4 is 0 Å². The lowest BCUT2D eigenvalue weighted by atomic mass is 10.1. The van der Waals surface area contributed by atoms with Crippen molar-refractivity contribution in [1.82, 2.24) is 9.88 Å². The topological polar surface area (TPSA) is 55.6 Å². The number of thioether (sulfide) groups is 1. The highest BCUT2D eigenvalue weighted by Gasteiger charge is 2.23. The van der Waals surface area contributed by atoms with E-state index in [4.69, 9.17) is 9.15 Å². The van der Waals surface area contributed by atoms with Crippen molar-refractivity contribution in [3.05, 3.63) is 60.7 Å². The second kappa shape index (κ2) is 8.63. The number of oxazole rings is 1. The van der Waals surface area contributed by atoms with E-state index in [2.05, 4.69) is 4.98 Å². The summed E-state index contributed by atoms with van der Waals surface area (Å²) < 4.78 is 11.6. The quantitative estimate of drug-likeness (QED) is 0.602. The number of carbonyl (C=O) groups excluding carboxylic acids is 1. The maximum absolute atomic E-state index is 12.5. The Balaban J connectivity index is 1.55. The first-order valence-electron chi connectivity index (χ1n) is 9.34. The fourth-order valence-electron chi connectivity index (χ4n) is 3.20. The Kier molecular flexibility index (Phi) is 5.78. The molecule has 0 radical (unpaired) electrons. The van der Waals surface area contributed by atoms with Crippen molar-refractivity contribution in [2.24, 2.45) is 0 Å². The van der Waals surface area contributed by atoms with Crippen LogP contribution in [-0.2, 0) is 9.53 Å². The molecule has 28 heavy (non-hydrogen) atoms. The SMILES string of the molecule is CC1CN(C(=O)CSc2nc(-c3ccccc3)c(-c3ccccc3)o2)CCO1. The first kappa shape index (κ1) is 18.8. The van der Waals surface area contributed by atoms with E-state index in [1.54, 1.807) is 0 Å². The normalized spacial score (nSPS) is 16.9. The second-order valence-corrected chi connectivity index (χ2v) is 7.63. The van der Waals surface area contributed by atoms with Gasteiger partial charge in [-0.25, -0.2) is 4.98 Å². The van der Waals surface area contributed by atoms with Gasteiger partial charge in [-0.15, -0.1) is 0 Å². The number of morpholine rings is 1. The predicted octanol–water partition coefficient (Wildman–Crippen LogP) is 4.35. The zero-order valence-electron chi connectivity index (χ0n) is 15.7. The molecule has 1 unspecified atom stereocenters. The van der Waals surface area contributed by atoms with Gasteiger partial charge >= 0.3 is 0 Å². The van der Waals surface area contributed by atoms with Crippen LogP contribution >= 0.6 is 11.8 Å². The minimum absolute atomic E-state index is 0.0822. The van der Waals surface area contributed by atoms with E-state index in [0.29, 0.717) is 30.7 Å². The number of hydrogen-bond acceptors (Lipinski definition) is 5. The van der Waals surface area contributed by atoms with Gasteiger partial charge in [0.05, 0.1) is 18.5 Å². The van der Waals surface area contributed by atoms with Crippen molar-refractivity contribution in [2.45, 2.75) is 18.3 Å². The molecular weight excluding hydrogens is 372 g/mol. The molecule has 4 rings (SSSR count). The lowest BCUT2D eigenvalue weighted by Gasteiger charge is -2.30. The molecule has 1 aromatic heterocycles. The van der Waals surface area contributed by atoms with Gasteiger partial charge in [0.25, 0.3) is 5.22 Å². The van der Waals surface area contributed by atoms with Gasteiger partial charge in [0, 0.05) is 24.2 Å². The van der Waals surface area contributed by atoms with Crippen LogP contribution in [0, 0.1) is 0 Å². The van der Waals surface area contributed by atoms with Gasteiger partial charge in [-0.3, -0.25) is 4.79 Å². The standard InChI is InChI=1S/C22H22N2O3S/c1-16-14-24(12-13-26-16)19(25)15-28-22-23-20(17-8-4-2-5-9-17)21(27-22)18-10-6-3-7-11-18/h2-11,16H,12-15H2,1H3. The zero-order chi connectivity index (χ0) is 19.3. The molecule has 3 aromatic rings. The minimum Gasteiger partial charge on any atom is -0.431 e. The van der Waals surface area contributed by atoms with Crippen molar-refractivity contribution in [3.8, 4) is 22.6 Å². The molecule has 1 saturated heterocycles. The van der Waals surface area contributed by atoms with Gasteiger partial charge in [0.1, 0.15) is 5.69 Å². The van der Waals surface area contributed by atoms with Crippen LogP contribution in [0.5, 0.6) is 0 Å². The van der Waals surface area contributed by atoms with Crippen LogP contribution in [0.25, 0.3) is 22.6 Å². The number of benzene rings is 2. The fourth-order valence-corrected chi connectivity index (χ4v) is 3.93. The summed E-state index contributed by atoms with van der Waals surface area (Å²) in [6.07, 6.45) is 0.0822. The summed E-state index contributed by atoms with van der Waals surface area (Å²) in [6.45, 7) is 3.85. The summed E-state index contributed by atoms with van der Waals surface area (Å²) in [5, 5.41) is 0.507. The average Bonchev–Trinajstić information content (AvgIpc) is 3.18. The molecule has 1 aliphatic heterocycles. The largest absolute Gasteiger partial charge is 0.431 e. The molecule has 2 heterocycles. The first-order chi connectivity index (χ1) is 13.7. The highest BCUT2D eigenvalue weighted by Crippen LogP contribution is 2.35. The van der Waals surface area contributed by atoms with Crippen LogP contribution in [0.1, 0.15) is 6.92 Å². The molecule has 6 heteroatoms. The monoisotopic (exact) mass is 394 g/mol. The van der Waals surface area contributed by atoms with Crippen LogP contribution in [0.2, 0.25) is 0 Å². The average molecular weight is 394 g/mol. The predicted molar refractivity (Wildman–Crippen MR) is 110 cm³/mol. The number of hydrogen-bond donors (Lipinski definition) is 0. The molecule has 0 aliphatic carbocycles. The van der Waals surface area contributed by atoms with Gasteiger partial charge in [-0.05, 0) is 6.92 Å². The maximum atomic E-state index is 12.5. The summed E-state index contributed by atoms with van der Waals surface area (Å²) in [5.41, 5.74) is 2.75. The first-order valence-corrected chi connectivity index (χ1v) is 10.3. The van der Waals surface area contributed by atoms with Gasteiger partial charge in [0.2, 0.25) is 5.91 Å². The summed E-state index contributed by atoms with van der Waals surface area (Å²) in [6, 6.07) is 19.9. The van der Waals surface area contributed by atoms with Crippen molar-refractivity contribution in [1.29, 1.82) is 0 Å². The van der Waals surface area contributed by atoms with Crippen LogP contribution in [-0.4, -0.2) is 47.3 Å². The highest BCUT2D eigenvalue weighted by molar-refractivity contribution is 7.99. The maximum Gasteiger partial charge on any atom is 0.257 e. The van der Waals surface area contributed by atoms with E-state index in [9.17, 15) is 4.79 Å². The van der Waals surface area contributed by atoms with Crippen molar-refractivity contribution in [3.63, 3.8) is 0 Å². The Morgan fingerprint density at radius 2 is 1.79 bits per heavy atom. The molecular formula is C22H22N2O3S. The Hall–Kier alpha value is -2.57. The molecule has 0 saturated carbocycles. The zero-order valence-corrected chi connectivity index (χ0v) is 16.5. The minimum atomic E-state index is 0.0822. The number of aromatic nitrogens is 1. The lowest BCUT2D eigenvalue weighted by Crippen LogP contribution is -2.45. The Labute approximate surface area is 168 Å². The van der Waals surface area contributed by atoms with Crippen molar-refractivity contribution < 1.29 is 13.9 Å². The second-order valence-electron chi connectivity index (χ2n) is 6.70. The van der Waals surface area contributed by atoms with Gasteiger partial charge in [0.15, 0.2) is 5.76 Å².